The van der Waals surface area contributed by atoms with Crippen LogP contribution in [0.4, 0.5) is 16.0 Å². The van der Waals surface area contributed by atoms with E-state index in [1.165, 1.54) is 10.6 Å². The van der Waals surface area contributed by atoms with Gasteiger partial charge in [0.25, 0.3) is 5.91 Å². The molecule has 3 N–H and O–H groups in total. The predicted molar refractivity (Wildman–Crippen MR) is 106 cm³/mol. The number of aromatic nitrogens is 4. The summed E-state index contributed by atoms with van der Waals surface area (Å²) < 4.78 is 21.7. The Hall–Kier alpha value is -3.43. The number of fused-ring (bicyclic) bond motifs is 7. The first-order chi connectivity index (χ1) is 14.5. The number of nitrogens with one attached hydrogen (secondary N) is 1. The van der Waals surface area contributed by atoms with Crippen LogP contribution in [0.25, 0.3) is 5.65 Å². The van der Waals surface area contributed by atoms with E-state index < -0.39 is 5.82 Å². The molecule has 3 aromatic rings. The molecular weight excluding hydrogens is 389 g/mol. The van der Waals surface area contributed by atoms with E-state index in [0.29, 0.717) is 34.7 Å². The highest BCUT2D eigenvalue weighted by Crippen LogP contribution is 2.58. The molecule has 154 valence electrons. The van der Waals surface area contributed by atoms with Crippen LogP contribution < -0.4 is 20.7 Å². The van der Waals surface area contributed by atoms with Gasteiger partial charge < -0.3 is 20.7 Å². The summed E-state index contributed by atoms with van der Waals surface area (Å²) in [6, 6.07) is 3.25. The first-order valence-corrected chi connectivity index (χ1v) is 10.0. The normalized spacial score (nSPS) is 27.3. The number of nitrogens with two attached hydrogens (primary N) is 1. The van der Waals surface area contributed by atoms with Crippen molar-refractivity contribution >= 4 is 23.2 Å². The van der Waals surface area contributed by atoms with Crippen LogP contribution >= 0.6 is 0 Å². The standard InChI is InChI=1S/C20H20FN7O2/c1-9-6-23-19(29)15-17(22)26-28-3-2-14(25-18(15)28)27-8-10-4-12(10)16(27)13-5-11(21)7-24-20(13)30-9/h2-3,5,7,9-10,12,16H,4,6,8H2,1H3,(H2,22,26)(H,23,29)/t9-,10?,12?,16?/m0/s1. The number of carbonyl (C=O) groups excluding carboxylic acids is 1. The molecule has 0 radical (unpaired) electrons. The van der Waals surface area contributed by atoms with Crippen LogP contribution in [0.1, 0.15) is 35.3 Å². The molecule has 3 aromatic heterocycles. The number of rotatable bonds is 0. The Balaban J connectivity index is 1.56. The Morgan fingerprint density at radius 2 is 2.27 bits per heavy atom. The van der Waals surface area contributed by atoms with Crippen molar-refractivity contribution in [2.75, 3.05) is 23.7 Å². The number of halogens is 1. The topological polar surface area (TPSA) is 111 Å². The van der Waals surface area contributed by atoms with Gasteiger partial charge in [-0.1, -0.05) is 0 Å². The van der Waals surface area contributed by atoms with Crippen molar-refractivity contribution in [1.29, 1.82) is 0 Å². The summed E-state index contributed by atoms with van der Waals surface area (Å²) in [5.41, 5.74) is 7.37. The number of pyridine rings is 1. The summed E-state index contributed by atoms with van der Waals surface area (Å²) in [5, 5.41) is 7.04. The fraction of sp³-hybridized carbons (Fsp3) is 0.400. The maximum Gasteiger partial charge on any atom is 0.259 e. The molecule has 1 saturated heterocycles. The number of carbonyl (C=O) groups is 1. The highest BCUT2D eigenvalue weighted by atomic mass is 19.1. The third kappa shape index (κ3) is 2.52. The minimum atomic E-state index is -0.402. The molecular formula is C20H20FN7O2. The van der Waals surface area contributed by atoms with E-state index in [1.807, 2.05) is 13.0 Å². The van der Waals surface area contributed by atoms with Crippen molar-refractivity contribution in [2.24, 2.45) is 11.8 Å². The number of piperidine rings is 1. The van der Waals surface area contributed by atoms with Crippen LogP contribution in [0.2, 0.25) is 0 Å². The van der Waals surface area contributed by atoms with E-state index in [4.69, 9.17) is 15.5 Å². The molecule has 0 spiro atoms. The van der Waals surface area contributed by atoms with Crippen molar-refractivity contribution in [3.05, 3.63) is 41.5 Å². The molecule has 6 rings (SSSR count). The lowest BCUT2D eigenvalue weighted by Crippen LogP contribution is -2.34. The minimum Gasteiger partial charge on any atom is -0.473 e. The van der Waals surface area contributed by atoms with Gasteiger partial charge in [-0.3, -0.25) is 4.79 Å². The average Bonchev–Trinajstić information content (AvgIpc) is 3.25. The zero-order valence-corrected chi connectivity index (χ0v) is 16.2. The molecule has 0 aromatic carbocycles. The Labute approximate surface area is 171 Å². The fourth-order valence-electron chi connectivity index (χ4n) is 4.72. The van der Waals surface area contributed by atoms with Crippen LogP contribution in [0, 0.1) is 17.7 Å². The number of nitrogen functional groups attached to an aromatic ring is 1. The van der Waals surface area contributed by atoms with E-state index in [9.17, 15) is 9.18 Å². The number of amides is 1. The SMILES string of the molecule is C[C@H]1CNC(=O)c2c(N)nn3ccc(nc23)N2CC3CC3C2c2cc(F)cnc2O1. The molecule has 3 aliphatic rings. The second-order valence-electron chi connectivity index (χ2n) is 8.26. The number of ether oxygens (including phenoxy) is 1. The maximum atomic E-state index is 14.2. The van der Waals surface area contributed by atoms with Gasteiger partial charge >= 0.3 is 0 Å². The largest absolute Gasteiger partial charge is 0.473 e. The maximum absolute atomic E-state index is 14.2. The minimum absolute atomic E-state index is 0.0940. The van der Waals surface area contributed by atoms with Crippen molar-refractivity contribution in [1.82, 2.24) is 24.9 Å². The smallest absolute Gasteiger partial charge is 0.259 e. The molecule has 30 heavy (non-hydrogen) atoms. The molecule has 4 atom stereocenters. The van der Waals surface area contributed by atoms with Gasteiger partial charge in [-0.25, -0.2) is 18.9 Å². The summed E-state index contributed by atoms with van der Waals surface area (Å²) in [6.07, 6.45) is 3.61. The molecule has 3 unspecified atom stereocenters. The molecule has 5 heterocycles. The van der Waals surface area contributed by atoms with Gasteiger partial charge in [0.05, 0.1) is 18.8 Å². The van der Waals surface area contributed by atoms with Crippen molar-refractivity contribution in [3.8, 4) is 5.88 Å². The number of nitrogens with zero attached hydrogens (tertiary/aromatic N) is 5. The molecule has 1 amide bonds. The summed E-state index contributed by atoms with van der Waals surface area (Å²) in [6.45, 7) is 2.86. The second-order valence-corrected chi connectivity index (χ2v) is 8.26. The highest BCUT2D eigenvalue weighted by Gasteiger charge is 2.54. The van der Waals surface area contributed by atoms with E-state index in [2.05, 4.69) is 20.3 Å². The van der Waals surface area contributed by atoms with Gasteiger partial charge in [0.15, 0.2) is 11.5 Å². The summed E-state index contributed by atoms with van der Waals surface area (Å²) >= 11 is 0. The van der Waals surface area contributed by atoms with Crippen LogP contribution in [0.15, 0.2) is 24.5 Å². The van der Waals surface area contributed by atoms with Gasteiger partial charge in [0.2, 0.25) is 5.88 Å². The fourth-order valence-corrected chi connectivity index (χ4v) is 4.72. The summed E-state index contributed by atoms with van der Waals surface area (Å²) in [4.78, 5) is 23.9. The number of anilines is 2. The van der Waals surface area contributed by atoms with Crippen LogP contribution in [-0.2, 0) is 0 Å². The Bertz CT molecular complexity index is 1200. The number of hydrogen-bond acceptors (Lipinski definition) is 7. The number of hydrogen-bond donors (Lipinski definition) is 2. The van der Waals surface area contributed by atoms with E-state index in [1.54, 1.807) is 6.20 Å². The molecule has 2 bridgehead atoms. The molecule has 2 fully saturated rings. The second kappa shape index (κ2) is 6.04. The van der Waals surface area contributed by atoms with Gasteiger partial charge in [-0.2, -0.15) is 0 Å². The Morgan fingerprint density at radius 3 is 3.13 bits per heavy atom. The summed E-state index contributed by atoms with van der Waals surface area (Å²) in [7, 11) is 0. The van der Waals surface area contributed by atoms with Gasteiger partial charge in [0, 0.05) is 18.3 Å². The van der Waals surface area contributed by atoms with Crippen LogP contribution in [-0.4, -0.2) is 44.7 Å². The third-order valence-electron chi connectivity index (χ3n) is 6.20. The lowest BCUT2D eigenvalue weighted by atomic mass is 10.0. The first kappa shape index (κ1) is 17.4. The molecule has 2 aliphatic heterocycles. The Kier molecular flexibility index (Phi) is 3.51. The van der Waals surface area contributed by atoms with Crippen molar-refractivity contribution < 1.29 is 13.9 Å². The van der Waals surface area contributed by atoms with E-state index in [0.717, 1.165) is 19.2 Å². The monoisotopic (exact) mass is 409 g/mol. The summed E-state index contributed by atoms with van der Waals surface area (Å²) in [5.74, 6) is 1.35. The van der Waals surface area contributed by atoms with Gasteiger partial charge in [0.1, 0.15) is 23.3 Å². The Morgan fingerprint density at radius 1 is 1.40 bits per heavy atom. The van der Waals surface area contributed by atoms with Crippen molar-refractivity contribution in [3.63, 3.8) is 0 Å². The predicted octanol–water partition coefficient (Wildman–Crippen LogP) is 1.55. The molecule has 1 saturated carbocycles. The van der Waals surface area contributed by atoms with E-state index >= 15 is 0 Å². The van der Waals surface area contributed by atoms with Gasteiger partial charge in [-0.15, -0.1) is 5.10 Å². The van der Waals surface area contributed by atoms with Crippen LogP contribution in [0.5, 0.6) is 5.88 Å². The van der Waals surface area contributed by atoms with E-state index in [-0.39, 0.29) is 36.0 Å². The van der Waals surface area contributed by atoms with Crippen LogP contribution in [0.3, 0.4) is 0 Å². The molecule has 10 heteroatoms. The highest BCUT2D eigenvalue weighted by molar-refractivity contribution is 6.04. The van der Waals surface area contributed by atoms with Crippen molar-refractivity contribution in [2.45, 2.75) is 25.5 Å². The third-order valence-corrected chi connectivity index (χ3v) is 6.20. The lowest BCUT2D eigenvalue weighted by molar-refractivity contribution is 0.0932. The molecule has 9 nitrogen and oxygen atoms in total. The molecule has 1 aliphatic carbocycles. The quantitative estimate of drug-likeness (QED) is 0.580. The lowest BCUT2D eigenvalue weighted by Gasteiger charge is -2.30. The zero-order chi connectivity index (χ0) is 20.6. The zero-order valence-electron chi connectivity index (χ0n) is 16.2. The average molecular weight is 409 g/mol. The first-order valence-electron chi connectivity index (χ1n) is 10.0. The van der Waals surface area contributed by atoms with Gasteiger partial charge in [-0.05, 0) is 37.3 Å².